The molecule has 5 nitrogen and oxygen atoms in total. The Kier molecular flexibility index (Phi) is 6.93. The lowest BCUT2D eigenvalue weighted by Gasteiger charge is -2.41. The topological polar surface area (TPSA) is 49.3 Å². The van der Waals surface area contributed by atoms with Gasteiger partial charge >= 0.3 is 0 Å². The van der Waals surface area contributed by atoms with Crippen LogP contribution in [0.3, 0.4) is 0 Å². The van der Waals surface area contributed by atoms with Gasteiger partial charge in [0, 0.05) is 38.1 Å². The minimum Gasteiger partial charge on any atom is -0.333 e. The zero-order valence-corrected chi connectivity index (χ0v) is 18.2. The molecule has 0 unspecified atom stereocenters. The molecule has 6 heteroatoms. The highest BCUT2D eigenvalue weighted by atomic mass is 32.1. The van der Waals surface area contributed by atoms with Gasteiger partial charge in [-0.2, -0.15) is 0 Å². The number of aromatic nitrogens is 2. The highest BCUT2D eigenvalue weighted by Crippen LogP contribution is 2.28. The van der Waals surface area contributed by atoms with Gasteiger partial charge in [-0.15, -0.1) is 11.3 Å². The molecule has 3 heterocycles. The van der Waals surface area contributed by atoms with Gasteiger partial charge in [-0.25, -0.2) is 4.98 Å². The van der Waals surface area contributed by atoms with E-state index >= 15 is 0 Å². The summed E-state index contributed by atoms with van der Waals surface area (Å²) in [6.07, 6.45) is 13.0. The maximum absolute atomic E-state index is 13.4. The standard InChI is InChI=1S/C23H32N4OS/c1-18-22(29-17-25-18)23(28)27(14-19-7-5-11-24-13-19)16-20-8-6-12-26(15-20)21-9-3-2-4-10-21/h5,7,11,13,17,20-21H,2-4,6,8-10,12,14-16H2,1H3/t20-/m1/s1. The van der Waals surface area contributed by atoms with Crippen LogP contribution in [0.1, 0.15) is 65.9 Å². The van der Waals surface area contributed by atoms with Crippen molar-refractivity contribution in [1.29, 1.82) is 0 Å². The summed E-state index contributed by atoms with van der Waals surface area (Å²) < 4.78 is 0. The van der Waals surface area contributed by atoms with Gasteiger partial charge in [-0.1, -0.05) is 25.3 Å². The molecule has 1 aliphatic heterocycles. The summed E-state index contributed by atoms with van der Waals surface area (Å²) in [7, 11) is 0. The molecule has 1 saturated carbocycles. The van der Waals surface area contributed by atoms with Crippen LogP contribution in [0.15, 0.2) is 30.0 Å². The number of hydrogen-bond donors (Lipinski definition) is 0. The lowest BCUT2D eigenvalue weighted by molar-refractivity contribution is 0.0586. The minimum absolute atomic E-state index is 0.114. The molecule has 2 aromatic heterocycles. The summed E-state index contributed by atoms with van der Waals surface area (Å²) in [6, 6.07) is 4.77. The number of carbonyl (C=O) groups excluding carboxylic acids is 1. The molecule has 4 rings (SSSR count). The predicted molar refractivity (Wildman–Crippen MR) is 117 cm³/mol. The van der Waals surface area contributed by atoms with Gasteiger partial charge < -0.3 is 9.80 Å². The molecule has 1 saturated heterocycles. The van der Waals surface area contributed by atoms with Gasteiger partial charge in [0.05, 0.1) is 11.2 Å². The maximum atomic E-state index is 13.4. The van der Waals surface area contributed by atoms with E-state index in [1.807, 2.05) is 24.1 Å². The number of amides is 1. The largest absolute Gasteiger partial charge is 0.333 e. The number of pyridine rings is 1. The van der Waals surface area contributed by atoms with Crippen molar-refractivity contribution in [3.63, 3.8) is 0 Å². The van der Waals surface area contributed by atoms with Crippen LogP contribution in [-0.4, -0.2) is 51.4 Å². The number of rotatable bonds is 6. The Morgan fingerprint density at radius 3 is 2.83 bits per heavy atom. The van der Waals surface area contributed by atoms with E-state index in [1.165, 1.54) is 62.8 Å². The molecule has 156 valence electrons. The summed E-state index contributed by atoms with van der Waals surface area (Å²) in [5.41, 5.74) is 3.70. The van der Waals surface area contributed by atoms with Gasteiger partial charge in [0.25, 0.3) is 5.91 Å². The second-order valence-corrected chi connectivity index (χ2v) is 9.46. The monoisotopic (exact) mass is 412 g/mol. The second kappa shape index (κ2) is 9.81. The molecule has 0 N–H and O–H groups in total. The fraction of sp³-hybridized carbons (Fsp3) is 0.609. The van der Waals surface area contributed by atoms with Crippen LogP contribution in [0, 0.1) is 12.8 Å². The van der Waals surface area contributed by atoms with Crippen molar-refractivity contribution in [3.8, 4) is 0 Å². The molecule has 2 fully saturated rings. The van der Waals surface area contributed by atoms with Gasteiger partial charge in [0.2, 0.25) is 0 Å². The van der Waals surface area contributed by atoms with Gasteiger partial charge in [-0.05, 0) is 56.7 Å². The summed E-state index contributed by atoms with van der Waals surface area (Å²) in [6.45, 7) is 5.71. The quantitative estimate of drug-likeness (QED) is 0.699. The van der Waals surface area contributed by atoms with Crippen molar-refractivity contribution >= 4 is 17.2 Å². The molecular weight excluding hydrogens is 380 g/mol. The highest BCUT2D eigenvalue weighted by Gasteiger charge is 2.30. The smallest absolute Gasteiger partial charge is 0.266 e. The van der Waals surface area contributed by atoms with Gasteiger partial charge in [0.15, 0.2) is 0 Å². The van der Waals surface area contributed by atoms with Crippen LogP contribution >= 0.6 is 11.3 Å². The Hall–Kier alpha value is -1.79. The average Bonchev–Trinajstić information content (AvgIpc) is 3.20. The second-order valence-electron chi connectivity index (χ2n) is 8.61. The lowest BCUT2D eigenvalue weighted by atomic mass is 9.90. The molecule has 0 spiro atoms. The predicted octanol–water partition coefficient (Wildman–Crippen LogP) is 4.53. The van der Waals surface area contributed by atoms with Gasteiger partial charge in [0.1, 0.15) is 4.88 Å². The van der Waals surface area contributed by atoms with Crippen molar-refractivity contribution in [2.75, 3.05) is 19.6 Å². The molecule has 0 aromatic carbocycles. The number of aryl methyl sites for hydroxylation is 1. The molecule has 1 atom stereocenters. The summed E-state index contributed by atoms with van der Waals surface area (Å²) in [4.78, 5) is 27.4. The Morgan fingerprint density at radius 2 is 2.10 bits per heavy atom. The molecule has 2 aliphatic rings. The Balaban J connectivity index is 1.47. The number of nitrogens with zero attached hydrogens (tertiary/aromatic N) is 4. The third kappa shape index (κ3) is 5.23. The molecule has 2 aromatic rings. The molecule has 0 radical (unpaired) electrons. The van der Waals surface area contributed by atoms with E-state index in [9.17, 15) is 4.79 Å². The van der Waals surface area contributed by atoms with E-state index in [2.05, 4.69) is 20.9 Å². The molecular formula is C23H32N4OS. The Labute approximate surface area is 178 Å². The van der Waals surface area contributed by atoms with Crippen molar-refractivity contribution in [3.05, 3.63) is 46.2 Å². The van der Waals surface area contributed by atoms with Crippen LogP contribution in [0.25, 0.3) is 0 Å². The van der Waals surface area contributed by atoms with E-state index in [4.69, 9.17) is 0 Å². The Bertz CT molecular complexity index is 787. The van der Waals surface area contributed by atoms with Crippen molar-refractivity contribution in [2.24, 2.45) is 5.92 Å². The van der Waals surface area contributed by atoms with Crippen LogP contribution in [0.4, 0.5) is 0 Å². The van der Waals surface area contributed by atoms with Crippen molar-refractivity contribution < 1.29 is 4.79 Å². The molecule has 0 bridgehead atoms. The fourth-order valence-electron chi connectivity index (χ4n) is 4.92. The third-order valence-electron chi connectivity index (χ3n) is 6.44. The lowest BCUT2D eigenvalue weighted by Crippen LogP contribution is -2.47. The zero-order chi connectivity index (χ0) is 20.1. The van der Waals surface area contributed by atoms with Crippen molar-refractivity contribution in [1.82, 2.24) is 19.8 Å². The first-order valence-corrected chi connectivity index (χ1v) is 11.9. The number of hydrogen-bond acceptors (Lipinski definition) is 5. The third-order valence-corrected chi connectivity index (χ3v) is 7.36. The SMILES string of the molecule is Cc1ncsc1C(=O)N(Cc1cccnc1)C[C@@H]1CCCN(C2CCCCC2)C1. The van der Waals surface area contributed by atoms with E-state index in [0.29, 0.717) is 12.5 Å². The van der Waals surface area contributed by atoms with E-state index in [1.54, 1.807) is 11.7 Å². The summed E-state index contributed by atoms with van der Waals surface area (Å²) in [5.74, 6) is 0.656. The maximum Gasteiger partial charge on any atom is 0.266 e. The number of thiazole rings is 1. The zero-order valence-electron chi connectivity index (χ0n) is 17.4. The number of carbonyl (C=O) groups is 1. The molecule has 1 aliphatic carbocycles. The van der Waals surface area contributed by atoms with Crippen LogP contribution < -0.4 is 0 Å². The first-order chi connectivity index (χ1) is 14.2. The first-order valence-electron chi connectivity index (χ1n) is 11.0. The van der Waals surface area contributed by atoms with Crippen LogP contribution in [0.2, 0.25) is 0 Å². The Morgan fingerprint density at radius 1 is 1.24 bits per heavy atom. The summed E-state index contributed by atoms with van der Waals surface area (Å²) in [5, 5.41) is 0. The molecule has 29 heavy (non-hydrogen) atoms. The number of piperidine rings is 1. The van der Waals surface area contributed by atoms with Crippen LogP contribution in [-0.2, 0) is 6.54 Å². The first kappa shape index (κ1) is 20.5. The minimum atomic E-state index is 0.114. The number of likely N-dealkylation sites (tertiary alicyclic amines) is 1. The summed E-state index contributed by atoms with van der Waals surface area (Å²) >= 11 is 1.45. The average molecular weight is 413 g/mol. The van der Waals surface area contributed by atoms with Gasteiger partial charge in [-0.3, -0.25) is 9.78 Å². The molecule has 1 amide bonds. The van der Waals surface area contributed by atoms with E-state index < -0.39 is 0 Å². The van der Waals surface area contributed by atoms with Crippen LogP contribution in [0.5, 0.6) is 0 Å². The normalized spacial score (nSPS) is 21.2. The fourth-order valence-corrected chi connectivity index (χ4v) is 5.69. The van der Waals surface area contributed by atoms with E-state index in [0.717, 1.165) is 35.3 Å². The highest BCUT2D eigenvalue weighted by molar-refractivity contribution is 7.11. The van der Waals surface area contributed by atoms with E-state index in [-0.39, 0.29) is 5.91 Å². The van der Waals surface area contributed by atoms with Crippen molar-refractivity contribution in [2.45, 2.75) is 64.5 Å².